The largest absolute Gasteiger partial charge is 0.336 e. The van der Waals surface area contributed by atoms with Gasteiger partial charge < -0.3 is 9.80 Å². The third-order valence-electron chi connectivity index (χ3n) is 5.51. The predicted octanol–water partition coefficient (Wildman–Crippen LogP) is 3.25. The maximum Gasteiger partial charge on any atom is 0.257 e. The Labute approximate surface area is 167 Å². The van der Waals surface area contributed by atoms with Crippen molar-refractivity contribution in [3.8, 4) is 0 Å². The zero-order valence-corrected chi connectivity index (χ0v) is 17.1. The number of rotatable bonds is 6. The lowest BCUT2D eigenvalue weighted by Crippen LogP contribution is -2.43. The van der Waals surface area contributed by atoms with E-state index in [0.29, 0.717) is 31.6 Å². The Balaban J connectivity index is 1.78. The number of hydrogen-bond acceptors (Lipinski definition) is 3. The van der Waals surface area contributed by atoms with Crippen LogP contribution in [-0.2, 0) is 17.9 Å². The summed E-state index contributed by atoms with van der Waals surface area (Å²) >= 11 is 0. The van der Waals surface area contributed by atoms with Crippen molar-refractivity contribution < 1.29 is 9.59 Å². The van der Waals surface area contributed by atoms with E-state index in [9.17, 15) is 9.59 Å². The van der Waals surface area contributed by atoms with E-state index in [4.69, 9.17) is 0 Å². The summed E-state index contributed by atoms with van der Waals surface area (Å²) in [6.45, 7) is 8.53. The standard InChI is InChI=1S/C22H30N4O2/c1-4-12-26-17(3)20(14-23-26)22(28)24-13-11-21(27)25(19(5-2)16-24)15-18-9-7-6-8-10-18/h6-10,14,19H,4-5,11-13,15-16H2,1-3H3. The molecule has 28 heavy (non-hydrogen) atoms. The van der Waals surface area contributed by atoms with E-state index in [-0.39, 0.29) is 17.9 Å². The summed E-state index contributed by atoms with van der Waals surface area (Å²) in [5, 5.41) is 4.36. The molecule has 0 N–H and O–H groups in total. The molecule has 0 saturated carbocycles. The van der Waals surface area contributed by atoms with Crippen LogP contribution in [0.3, 0.4) is 0 Å². The lowest BCUT2D eigenvalue weighted by molar-refractivity contribution is -0.133. The Morgan fingerprint density at radius 2 is 1.96 bits per heavy atom. The topological polar surface area (TPSA) is 58.4 Å². The molecule has 1 fully saturated rings. The molecule has 1 aromatic heterocycles. The average molecular weight is 383 g/mol. The second-order valence-electron chi connectivity index (χ2n) is 7.44. The van der Waals surface area contributed by atoms with Crippen LogP contribution in [0.25, 0.3) is 0 Å². The normalized spacial score (nSPS) is 17.7. The first kappa shape index (κ1) is 20.1. The zero-order valence-electron chi connectivity index (χ0n) is 17.1. The second-order valence-corrected chi connectivity index (χ2v) is 7.44. The van der Waals surface area contributed by atoms with Gasteiger partial charge in [0, 0.05) is 44.3 Å². The van der Waals surface area contributed by atoms with Crippen LogP contribution in [0.2, 0.25) is 0 Å². The number of nitrogens with zero attached hydrogens (tertiary/aromatic N) is 4. The lowest BCUT2D eigenvalue weighted by atomic mass is 10.1. The van der Waals surface area contributed by atoms with E-state index in [1.54, 1.807) is 6.20 Å². The minimum Gasteiger partial charge on any atom is -0.336 e. The molecule has 150 valence electrons. The molecule has 0 radical (unpaired) electrons. The number of aromatic nitrogens is 2. The third-order valence-corrected chi connectivity index (χ3v) is 5.51. The van der Waals surface area contributed by atoms with Crippen LogP contribution in [0.1, 0.15) is 54.7 Å². The minimum absolute atomic E-state index is 0.0187. The number of carbonyl (C=O) groups excluding carboxylic acids is 2. The first-order chi connectivity index (χ1) is 13.5. The quantitative estimate of drug-likeness (QED) is 0.771. The molecule has 2 amide bonds. The Morgan fingerprint density at radius 3 is 2.64 bits per heavy atom. The van der Waals surface area contributed by atoms with Gasteiger partial charge in [-0.05, 0) is 25.3 Å². The summed E-state index contributed by atoms with van der Waals surface area (Å²) in [4.78, 5) is 29.8. The molecular weight excluding hydrogens is 352 g/mol. The summed E-state index contributed by atoms with van der Waals surface area (Å²) in [5.74, 6) is 0.0945. The van der Waals surface area contributed by atoms with Crippen molar-refractivity contribution in [1.82, 2.24) is 19.6 Å². The molecule has 2 aromatic rings. The highest BCUT2D eigenvalue weighted by atomic mass is 16.2. The monoisotopic (exact) mass is 382 g/mol. The van der Waals surface area contributed by atoms with Crippen LogP contribution in [-0.4, -0.2) is 50.5 Å². The van der Waals surface area contributed by atoms with Gasteiger partial charge in [0.05, 0.1) is 11.8 Å². The molecule has 1 atom stereocenters. The van der Waals surface area contributed by atoms with Crippen LogP contribution < -0.4 is 0 Å². The first-order valence-corrected chi connectivity index (χ1v) is 10.2. The fourth-order valence-corrected chi connectivity index (χ4v) is 3.82. The predicted molar refractivity (Wildman–Crippen MR) is 109 cm³/mol. The highest BCUT2D eigenvalue weighted by molar-refractivity contribution is 5.95. The molecule has 6 nitrogen and oxygen atoms in total. The van der Waals surface area contributed by atoms with Crippen molar-refractivity contribution in [2.45, 2.75) is 59.2 Å². The van der Waals surface area contributed by atoms with Gasteiger partial charge in [0.15, 0.2) is 0 Å². The van der Waals surface area contributed by atoms with Crippen molar-refractivity contribution >= 4 is 11.8 Å². The molecule has 0 bridgehead atoms. The van der Waals surface area contributed by atoms with Gasteiger partial charge in [-0.2, -0.15) is 5.10 Å². The van der Waals surface area contributed by atoms with Gasteiger partial charge >= 0.3 is 0 Å². The number of benzene rings is 1. The molecule has 0 aliphatic carbocycles. The Kier molecular flexibility index (Phi) is 6.49. The van der Waals surface area contributed by atoms with Crippen LogP contribution in [0.15, 0.2) is 36.5 Å². The van der Waals surface area contributed by atoms with Gasteiger partial charge in [-0.1, -0.05) is 44.2 Å². The molecule has 1 aliphatic heterocycles. The zero-order chi connectivity index (χ0) is 20.1. The van der Waals surface area contributed by atoms with Gasteiger partial charge in [-0.25, -0.2) is 0 Å². The van der Waals surface area contributed by atoms with E-state index in [0.717, 1.165) is 30.6 Å². The van der Waals surface area contributed by atoms with Crippen molar-refractivity contribution in [2.24, 2.45) is 0 Å². The van der Waals surface area contributed by atoms with Crippen molar-refractivity contribution in [2.75, 3.05) is 13.1 Å². The molecule has 1 unspecified atom stereocenters. The van der Waals surface area contributed by atoms with Gasteiger partial charge in [-0.15, -0.1) is 0 Å². The summed E-state index contributed by atoms with van der Waals surface area (Å²) in [5.41, 5.74) is 2.66. The fourth-order valence-electron chi connectivity index (χ4n) is 3.82. The molecule has 1 saturated heterocycles. The minimum atomic E-state index is -0.0207. The third kappa shape index (κ3) is 4.26. The van der Waals surface area contributed by atoms with Crippen molar-refractivity contribution in [3.63, 3.8) is 0 Å². The van der Waals surface area contributed by atoms with E-state index in [1.165, 1.54) is 0 Å². The average Bonchev–Trinajstić information content (AvgIpc) is 2.99. The number of aryl methyl sites for hydroxylation is 1. The van der Waals surface area contributed by atoms with Gasteiger partial charge in [0.2, 0.25) is 5.91 Å². The number of hydrogen-bond donors (Lipinski definition) is 0. The van der Waals surface area contributed by atoms with Gasteiger partial charge in [-0.3, -0.25) is 14.3 Å². The van der Waals surface area contributed by atoms with Crippen LogP contribution in [0.4, 0.5) is 0 Å². The summed E-state index contributed by atoms with van der Waals surface area (Å²) < 4.78 is 1.88. The Hall–Kier alpha value is -2.63. The Morgan fingerprint density at radius 1 is 1.21 bits per heavy atom. The van der Waals surface area contributed by atoms with Gasteiger partial charge in [0.1, 0.15) is 0 Å². The fraction of sp³-hybridized carbons (Fsp3) is 0.500. The van der Waals surface area contributed by atoms with Gasteiger partial charge in [0.25, 0.3) is 5.91 Å². The maximum atomic E-state index is 13.2. The smallest absolute Gasteiger partial charge is 0.257 e. The second kappa shape index (κ2) is 9.04. The highest BCUT2D eigenvalue weighted by Gasteiger charge is 2.32. The summed E-state index contributed by atoms with van der Waals surface area (Å²) in [7, 11) is 0. The van der Waals surface area contributed by atoms with E-state index in [2.05, 4.69) is 18.9 Å². The van der Waals surface area contributed by atoms with E-state index < -0.39 is 0 Å². The van der Waals surface area contributed by atoms with Crippen LogP contribution in [0, 0.1) is 6.92 Å². The van der Waals surface area contributed by atoms with Crippen LogP contribution >= 0.6 is 0 Å². The SMILES string of the molecule is CCCn1ncc(C(=O)N2CCC(=O)N(Cc3ccccc3)C(CC)C2)c1C. The molecule has 0 spiro atoms. The molecular formula is C22H30N4O2. The maximum absolute atomic E-state index is 13.2. The van der Waals surface area contributed by atoms with Crippen LogP contribution in [0.5, 0.6) is 0 Å². The molecule has 2 heterocycles. The lowest BCUT2D eigenvalue weighted by Gasteiger charge is -2.31. The summed E-state index contributed by atoms with van der Waals surface area (Å²) in [6.07, 6.45) is 3.82. The number of carbonyl (C=O) groups is 2. The van der Waals surface area contributed by atoms with Crippen molar-refractivity contribution in [3.05, 3.63) is 53.3 Å². The molecule has 1 aromatic carbocycles. The highest BCUT2D eigenvalue weighted by Crippen LogP contribution is 2.20. The molecule has 3 rings (SSSR count). The van der Waals surface area contributed by atoms with E-state index >= 15 is 0 Å². The first-order valence-electron chi connectivity index (χ1n) is 10.2. The molecule has 6 heteroatoms. The van der Waals surface area contributed by atoms with Crippen molar-refractivity contribution in [1.29, 1.82) is 0 Å². The van der Waals surface area contributed by atoms with E-state index in [1.807, 2.05) is 51.7 Å². The summed E-state index contributed by atoms with van der Waals surface area (Å²) in [6, 6.07) is 10.1. The Bertz CT molecular complexity index is 815. The number of amides is 2. The molecule has 1 aliphatic rings.